The van der Waals surface area contributed by atoms with Crippen molar-refractivity contribution in [3.63, 3.8) is 0 Å². The number of piperidine rings is 3. The van der Waals surface area contributed by atoms with Gasteiger partial charge in [0.15, 0.2) is 11.5 Å². The summed E-state index contributed by atoms with van der Waals surface area (Å²) in [5.74, 6) is 0.145. The van der Waals surface area contributed by atoms with Crippen molar-refractivity contribution in [2.45, 2.75) is 44.2 Å². The second-order valence-electron chi connectivity index (χ2n) is 8.90. The van der Waals surface area contributed by atoms with Crippen LogP contribution in [0, 0.1) is 17.7 Å². The van der Waals surface area contributed by atoms with Crippen molar-refractivity contribution in [3.8, 4) is 0 Å². The number of halogens is 1. The number of fused-ring (bicyclic) bond motifs is 4. The van der Waals surface area contributed by atoms with E-state index in [1.165, 1.54) is 31.5 Å². The van der Waals surface area contributed by atoms with Crippen molar-refractivity contribution in [1.29, 1.82) is 0 Å². The number of benzene rings is 1. The van der Waals surface area contributed by atoms with E-state index in [1.54, 1.807) is 18.3 Å². The van der Waals surface area contributed by atoms with Crippen LogP contribution in [0.3, 0.4) is 0 Å². The summed E-state index contributed by atoms with van der Waals surface area (Å²) in [5.41, 5.74) is 1.06. The predicted molar refractivity (Wildman–Crippen MR) is 111 cm³/mol. The van der Waals surface area contributed by atoms with Crippen LogP contribution >= 0.6 is 0 Å². The summed E-state index contributed by atoms with van der Waals surface area (Å²) in [7, 11) is 0. The van der Waals surface area contributed by atoms with E-state index in [9.17, 15) is 14.3 Å². The second kappa shape index (κ2) is 7.95. The first-order chi connectivity index (χ1) is 14.6. The number of hydrogen-bond donors (Lipinski definition) is 1. The smallest absolute Gasteiger partial charge is 0.358 e. The Morgan fingerprint density at radius 3 is 2.83 bits per heavy atom. The molecule has 2 bridgehead atoms. The SMILES string of the molecule is O=C(O)c1nccnc1N1C[C@H]2C[C@@H](C1)[C@H](Cc1cccc(F)c1)N1CCCC[C@@H]21. The number of anilines is 1. The Kier molecular flexibility index (Phi) is 5.15. The van der Waals surface area contributed by atoms with Gasteiger partial charge in [0.2, 0.25) is 0 Å². The van der Waals surface area contributed by atoms with Gasteiger partial charge in [-0.05, 0) is 61.8 Å². The zero-order chi connectivity index (χ0) is 20.7. The van der Waals surface area contributed by atoms with Gasteiger partial charge in [-0.15, -0.1) is 0 Å². The van der Waals surface area contributed by atoms with E-state index >= 15 is 0 Å². The summed E-state index contributed by atoms with van der Waals surface area (Å²) in [5, 5.41) is 9.59. The molecule has 6 nitrogen and oxygen atoms in total. The first kappa shape index (κ1) is 19.4. The minimum Gasteiger partial charge on any atom is -0.476 e. The van der Waals surface area contributed by atoms with Gasteiger partial charge in [0.25, 0.3) is 0 Å². The van der Waals surface area contributed by atoms with Crippen LogP contribution < -0.4 is 4.90 Å². The largest absolute Gasteiger partial charge is 0.476 e. The van der Waals surface area contributed by atoms with E-state index in [4.69, 9.17) is 0 Å². The molecule has 0 spiro atoms. The van der Waals surface area contributed by atoms with Crippen LogP contribution in [0.15, 0.2) is 36.7 Å². The summed E-state index contributed by atoms with van der Waals surface area (Å²) in [6, 6.07) is 7.78. The molecular formula is C23H27FN4O2. The van der Waals surface area contributed by atoms with Crippen LogP contribution in [0.5, 0.6) is 0 Å². The maximum atomic E-state index is 13.8. The van der Waals surface area contributed by atoms with Gasteiger partial charge < -0.3 is 10.0 Å². The van der Waals surface area contributed by atoms with Crippen molar-refractivity contribution in [2.75, 3.05) is 24.5 Å². The fourth-order valence-corrected chi connectivity index (χ4v) is 5.98. The minimum atomic E-state index is -1.04. The van der Waals surface area contributed by atoms with Crippen molar-refractivity contribution in [1.82, 2.24) is 14.9 Å². The van der Waals surface area contributed by atoms with Crippen LogP contribution in [-0.4, -0.2) is 57.7 Å². The lowest BCUT2D eigenvalue weighted by Crippen LogP contribution is -2.64. The molecule has 0 saturated carbocycles. The molecule has 0 unspecified atom stereocenters. The van der Waals surface area contributed by atoms with Gasteiger partial charge in [0.1, 0.15) is 5.82 Å². The molecule has 0 aliphatic carbocycles. The standard InChI is InChI=1S/C23H27FN4O2/c24-18-5-3-4-15(10-18)11-20-17-12-16(19-6-1-2-9-28(19)20)13-27(14-17)22-21(23(29)30)25-7-8-26-22/h3-5,7-8,10,16-17,19-20H,1-2,6,9,11-14H2,(H,29,30)/t16-,17+,19+,20+/m1/s1. The lowest BCUT2D eigenvalue weighted by molar-refractivity contribution is -0.0319. The van der Waals surface area contributed by atoms with Crippen LogP contribution in [0.2, 0.25) is 0 Å². The molecule has 3 fully saturated rings. The Morgan fingerprint density at radius 2 is 2.00 bits per heavy atom. The van der Waals surface area contributed by atoms with E-state index in [0.717, 1.165) is 38.0 Å². The number of hydrogen-bond acceptors (Lipinski definition) is 5. The number of aromatic carboxylic acids is 1. The molecule has 1 N–H and O–H groups in total. The zero-order valence-corrected chi connectivity index (χ0v) is 17.0. The summed E-state index contributed by atoms with van der Waals surface area (Å²) in [6.45, 7) is 2.69. The highest BCUT2D eigenvalue weighted by Gasteiger charge is 2.47. The monoisotopic (exact) mass is 410 g/mol. The number of rotatable bonds is 4. The summed E-state index contributed by atoms with van der Waals surface area (Å²) < 4.78 is 13.8. The quantitative estimate of drug-likeness (QED) is 0.835. The summed E-state index contributed by atoms with van der Waals surface area (Å²) in [6.07, 6.45) is 8.60. The van der Waals surface area contributed by atoms with E-state index in [-0.39, 0.29) is 11.5 Å². The van der Waals surface area contributed by atoms with Crippen LogP contribution in [-0.2, 0) is 6.42 Å². The van der Waals surface area contributed by atoms with Crippen molar-refractivity contribution in [2.24, 2.45) is 11.8 Å². The van der Waals surface area contributed by atoms with Gasteiger partial charge in [0, 0.05) is 37.6 Å². The highest BCUT2D eigenvalue weighted by Crippen LogP contribution is 2.43. The third kappa shape index (κ3) is 3.55. The lowest BCUT2D eigenvalue weighted by Gasteiger charge is -2.57. The van der Waals surface area contributed by atoms with E-state index in [2.05, 4.69) is 19.8 Å². The Balaban J connectivity index is 1.46. The van der Waals surface area contributed by atoms with Gasteiger partial charge >= 0.3 is 5.97 Å². The van der Waals surface area contributed by atoms with Gasteiger partial charge in [-0.25, -0.2) is 19.2 Å². The Morgan fingerprint density at radius 1 is 1.17 bits per heavy atom. The Bertz CT molecular complexity index is 939. The molecule has 4 atom stereocenters. The van der Waals surface area contributed by atoms with Crippen LogP contribution in [0.25, 0.3) is 0 Å². The van der Waals surface area contributed by atoms with E-state index in [0.29, 0.717) is 29.7 Å². The number of nitrogens with zero attached hydrogens (tertiary/aromatic N) is 4. The molecule has 1 aromatic heterocycles. The molecule has 5 rings (SSSR count). The topological polar surface area (TPSA) is 69.6 Å². The fraction of sp³-hybridized carbons (Fsp3) is 0.522. The van der Waals surface area contributed by atoms with Crippen molar-refractivity contribution < 1.29 is 14.3 Å². The molecule has 3 saturated heterocycles. The Labute approximate surface area is 175 Å². The Hall–Kier alpha value is -2.54. The number of carboxylic acids is 1. The molecule has 4 heterocycles. The molecule has 2 aromatic rings. The van der Waals surface area contributed by atoms with Gasteiger partial charge in [-0.3, -0.25) is 4.90 Å². The average Bonchev–Trinajstić information content (AvgIpc) is 2.76. The van der Waals surface area contributed by atoms with Crippen molar-refractivity contribution in [3.05, 3.63) is 53.7 Å². The second-order valence-corrected chi connectivity index (χ2v) is 8.90. The number of carboxylic acid groups (broad SMARTS) is 1. The van der Waals surface area contributed by atoms with Crippen LogP contribution in [0.1, 0.15) is 41.7 Å². The third-order valence-corrected chi connectivity index (χ3v) is 7.14. The molecule has 30 heavy (non-hydrogen) atoms. The predicted octanol–water partition coefficient (Wildman–Crippen LogP) is 3.24. The third-order valence-electron chi connectivity index (χ3n) is 7.14. The van der Waals surface area contributed by atoms with E-state index in [1.807, 2.05) is 6.07 Å². The molecule has 3 aliphatic heterocycles. The zero-order valence-electron chi connectivity index (χ0n) is 17.0. The maximum absolute atomic E-state index is 13.8. The molecule has 3 aliphatic rings. The molecule has 158 valence electrons. The normalized spacial score (nSPS) is 28.8. The molecule has 0 radical (unpaired) electrons. The molecule has 1 aromatic carbocycles. The molecule has 0 amide bonds. The minimum absolute atomic E-state index is 0.0275. The first-order valence-electron chi connectivity index (χ1n) is 10.9. The number of carbonyl (C=O) groups is 1. The summed E-state index contributed by atoms with van der Waals surface area (Å²) in [4.78, 5) is 25.0. The molecular weight excluding hydrogens is 383 g/mol. The highest BCUT2D eigenvalue weighted by molar-refractivity contribution is 5.90. The van der Waals surface area contributed by atoms with Gasteiger partial charge in [-0.1, -0.05) is 18.6 Å². The first-order valence-corrected chi connectivity index (χ1v) is 10.9. The fourth-order valence-electron chi connectivity index (χ4n) is 5.98. The average molecular weight is 410 g/mol. The van der Waals surface area contributed by atoms with E-state index < -0.39 is 5.97 Å². The van der Waals surface area contributed by atoms with Gasteiger partial charge in [0.05, 0.1) is 0 Å². The maximum Gasteiger partial charge on any atom is 0.358 e. The van der Waals surface area contributed by atoms with Crippen LogP contribution in [0.4, 0.5) is 10.2 Å². The molecule has 7 heteroatoms. The van der Waals surface area contributed by atoms with Gasteiger partial charge in [-0.2, -0.15) is 0 Å². The van der Waals surface area contributed by atoms with Crippen molar-refractivity contribution >= 4 is 11.8 Å². The lowest BCUT2D eigenvalue weighted by atomic mass is 9.71. The summed E-state index contributed by atoms with van der Waals surface area (Å²) >= 11 is 0. The highest BCUT2D eigenvalue weighted by atomic mass is 19.1. The number of aromatic nitrogens is 2.